The lowest BCUT2D eigenvalue weighted by Gasteiger charge is -2.22. The molecule has 100 valence electrons. The van der Waals surface area contributed by atoms with E-state index in [1.165, 1.54) is 7.11 Å². The molecule has 0 aromatic carbocycles. The Balaban J connectivity index is 2.85. The van der Waals surface area contributed by atoms with Crippen LogP contribution < -0.4 is 5.32 Å². The van der Waals surface area contributed by atoms with Crippen LogP contribution >= 0.6 is 0 Å². The van der Waals surface area contributed by atoms with E-state index in [1.54, 1.807) is 0 Å². The summed E-state index contributed by atoms with van der Waals surface area (Å²) in [5.41, 5.74) is 2.87. The first-order chi connectivity index (χ1) is 8.51. The van der Waals surface area contributed by atoms with Crippen molar-refractivity contribution in [2.45, 2.75) is 46.5 Å². The molecule has 0 radical (unpaired) electrons. The Morgan fingerprint density at radius 3 is 2.39 bits per heavy atom. The van der Waals surface area contributed by atoms with Crippen molar-refractivity contribution in [2.24, 2.45) is 0 Å². The Bertz CT molecular complexity index is 419. The maximum atomic E-state index is 12.1. The van der Waals surface area contributed by atoms with Gasteiger partial charge < -0.3 is 10.1 Å². The van der Waals surface area contributed by atoms with Crippen LogP contribution in [-0.2, 0) is 14.3 Å². The average Bonchev–Trinajstić information content (AvgIpc) is 2.35. The molecule has 0 spiro atoms. The van der Waals surface area contributed by atoms with E-state index in [-0.39, 0.29) is 11.8 Å². The smallest absolute Gasteiger partial charge is 0.335 e. The molecule has 0 unspecified atom stereocenters. The highest BCUT2D eigenvalue weighted by Gasteiger charge is 2.24. The summed E-state index contributed by atoms with van der Waals surface area (Å²) in [5.74, 6) is -0.246. The molecule has 4 nitrogen and oxygen atoms in total. The third-order valence-electron chi connectivity index (χ3n) is 3.16. The summed E-state index contributed by atoms with van der Waals surface area (Å²) in [5, 5.41) is 3.09. The molecule has 0 aromatic rings. The van der Waals surface area contributed by atoms with Gasteiger partial charge in [-0.05, 0) is 20.3 Å². The molecule has 1 aliphatic rings. The zero-order valence-corrected chi connectivity index (χ0v) is 11.6. The normalized spacial score (nSPS) is 15.6. The predicted octanol–water partition coefficient (Wildman–Crippen LogP) is 2.46. The molecule has 0 saturated carbocycles. The average molecular weight is 251 g/mol. The van der Waals surface area contributed by atoms with E-state index in [0.29, 0.717) is 24.0 Å². The van der Waals surface area contributed by atoms with E-state index in [2.05, 4.69) is 12.2 Å². The van der Waals surface area contributed by atoms with Crippen molar-refractivity contribution in [3.05, 3.63) is 22.5 Å². The van der Waals surface area contributed by atoms with Gasteiger partial charge in [0, 0.05) is 29.8 Å². The lowest BCUT2D eigenvalue weighted by molar-refractivity contribution is -0.136. The summed E-state index contributed by atoms with van der Waals surface area (Å²) in [4.78, 5) is 23.7. The van der Waals surface area contributed by atoms with Gasteiger partial charge in [-0.3, -0.25) is 4.79 Å². The van der Waals surface area contributed by atoms with Gasteiger partial charge in [-0.2, -0.15) is 0 Å². The van der Waals surface area contributed by atoms with E-state index < -0.39 is 0 Å². The second-order valence-electron chi connectivity index (χ2n) is 4.53. The van der Waals surface area contributed by atoms with Crippen LogP contribution in [0, 0.1) is 0 Å². The highest BCUT2D eigenvalue weighted by molar-refractivity contribution is 6.00. The van der Waals surface area contributed by atoms with E-state index in [4.69, 9.17) is 4.74 Å². The minimum Gasteiger partial charge on any atom is -0.466 e. The number of esters is 1. The Labute approximate surface area is 108 Å². The fourth-order valence-electron chi connectivity index (χ4n) is 2.02. The first kappa shape index (κ1) is 14.5. The van der Waals surface area contributed by atoms with Crippen LogP contribution in [0.4, 0.5) is 0 Å². The maximum absolute atomic E-state index is 12.1. The predicted molar refractivity (Wildman–Crippen MR) is 69.7 cm³/mol. The largest absolute Gasteiger partial charge is 0.466 e. The topological polar surface area (TPSA) is 55.4 Å². The SMILES string of the molecule is CCCCC(=O)C1=C(C)NC(C)=C(C(=O)OC)C1. The summed E-state index contributed by atoms with van der Waals surface area (Å²) in [6, 6.07) is 0. The summed E-state index contributed by atoms with van der Waals surface area (Å²) in [6.07, 6.45) is 2.79. The molecule has 1 N–H and O–H groups in total. The number of carbonyl (C=O) groups is 2. The second-order valence-corrected chi connectivity index (χ2v) is 4.53. The molecule has 0 bridgehead atoms. The van der Waals surface area contributed by atoms with E-state index in [1.807, 2.05) is 13.8 Å². The lowest BCUT2D eigenvalue weighted by atomic mass is 9.93. The van der Waals surface area contributed by atoms with Crippen LogP contribution in [0.25, 0.3) is 0 Å². The van der Waals surface area contributed by atoms with E-state index in [0.717, 1.165) is 24.2 Å². The molecule has 1 aliphatic heterocycles. The lowest BCUT2D eigenvalue weighted by Crippen LogP contribution is -2.25. The molecule has 4 heteroatoms. The van der Waals surface area contributed by atoms with Crippen molar-refractivity contribution >= 4 is 11.8 Å². The van der Waals surface area contributed by atoms with E-state index in [9.17, 15) is 9.59 Å². The van der Waals surface area contributed by atoms with Gasteiger partial charge in [0.25, 0.3) is 0 Å². The highest BCUT2D eigenvalue weighted by Crippen LogP contribution is 2.25. The fraction of sp³-hybridized carbons (Fsp3) is 0.571. The number of ketones is 1. The van der Waals surface area contributed by atoms with Crippen LogP contribution in [0.2, 0.25) is 0 Å². The van der Waals surface area contributed by atoms with Crippen molar-refractivity contribution in [1.29, 1.82) is 0 Å². The monoisotopic (exact) mass is 251 g/mol. The van der Waals surface area contributed by atoms with Crippen molar-refractivity contribution in [1.82, 2.24) is 5.32 Å². The number of hydrogen-bond donors (Lipinski definition) is 1. The van der Waals surface area contributed by atoms with Gasteiger partial charge in [-0.25, -0.2) is 4.79 Å². The number of dihydropyridines is 1. The summed E-state index contributed by atoms with van der Waals surface area (Å²) in [7, 11) is 1.35. The van der Waals surface area contributed by atoms with Crippen molar-refractivity contribution in [3.63, 3.8) is 0 Å². The first-order valence-electron chi connectivity index (χ1n) is 6.29. The molecule has 0 aromatic heterocycles. The van der Waals surface area contributed by atoms with Gasteiger partial charge in [-0.15, -0.1) is 0 Å². The number of methoxy groups -OCH3 is 1. The number of ether oxygens (including phenoxy) is 1. The van der Waals surface area contributed by atoms with Crippen LogP contribution in [0.5, 0.6) is 0 Å². The van der Waals surface area contributed by atoms with Gasteiger partial charge in [0.15, 0.2) is 5.78 Å². The fourth-order valence-corrected chi connectivity index (χ4v) is 2.02. The zero-order valence-electron chi connectivity index (χ0n) is 11.6. The molecular formula is C14H21NO3. The first-order valence-corrected chi connectivity index (χ1v) is 6.29. The zero-order chi connectivity index (χ0) is 13.7. The maximum Gasteiger partial charge on any atom is 0.335 e. The Kier molecular flexibility index (Phi) is 5.13. The van der Waals surface area contributed by atoms with Crippen LogP contribution in [-0.4, -0.2) is 18.9 Å². The molecule has 1 rings (SSSR count). The molecule has 0 aliphatic carbocycles. The summed E-state index contributed by atoms with van der Waals surface area (Å²) < 4.78 is 4.73. The van der Waals surface area contributed by atoms with Gasteiger partial charge in [0.05, 0.1) is 12.7 Å². The molecule has 18 heavy (non-hydrogen) atoms. The van der Waals surface area contributed by atoms with Crippen molar-refractivity contribution < 1.29 is 14.3 Å². The molecule has 0 amide bonds. The Hall–Kier alpha value is -1.58. The molecule has 0 atom stereocenters. The Morgan fingerprint density at radius 2 is 1.83 bits per heavy atom. The highest BCUT2D eigenvalue weighted by atomic mass is 16.5. The van der Waals surface area contributed by atoms with Crippen LogP contribution in [0.15, 0.2) is 22.5 Å². The number of Topliss-reactive ketones (excluding diaryl/α,β-unsaturated/α-hetero) is 1. The third-order valence-corrected chi connectivity index (χ3v) is 3.16. The number of allylic oxidation sites excluding steroid dienone is 3. The van der Waals surface area contributed by atoms with Gasteiger partial charge in [-0.1, -0.05) is 13.3 Å². The number of rotatable bonds is 5. The van der Waals surface area contributed by atoms with E-state index >= 15 is 0 Å². The van der Waals surface area contributed by atoms with Crippen LogP contribution in [0.1, 0.15) is 46.5 Å². The minimum absolute atomic E-state index is 0.121. The number of unbranched alkanes of at least 4 members (excludes halogenated alkanes) is 1. The molecule has 0 fully saturated rings. The summed E-state index contributed by atoms with van der Waals surface area (Å²) >= 11 is 0. The van der Waals surface area contributed by atoms with Crippen molar-refractivity contribution in [2.75, 3.05) is 7.11 Å². The molecule has 1 heterocycles. The summed E-state index contributed by atoms with van der Waals surface area (Å²) in [6.45, 7) is 5.75. The second kappa shape index (κ2) is 6.38. The van der Waals surface area contributed by atoms with Crippen LogP contribution in [0.3, 0.4) is 0 Å². The number of carbonyl (C=O) groups excluding carboxylic acids is 2. The molecular weight excluding hydrogens is 230 g/mol. The van der Waals surface area contributed by atoms with Gasteiger partial charge in [0.1, 0.15) is 0 Å². The van der Waals surface area contributed by atoms with Gasteiger partial charge in [0.2, 0.25) is 0 Å². The molecule has 0 saturated heterocycles. The van der Waals surface area contributed by atoms with Gasteiger partial charge >= 0.3 is 5.97 Å². The quantitative estimate of drug-likeness (QED) is 0.763. The minimum atomic E-state index is -0.367. The number of nitrogens with one attached hydrogen (secondary N) is 1. The third kappa shape index (κ3) is 3.22. The number of hydrogen-bond acceptors (Lipinski definition) is 4. The van der Waals surface area contributed by atoms with Crippen molar-refractivity contribution in [3.8, 4) is 0 Å². The standard InChI is InChI=1S/C14H21NO3/c1-5-6-7-13(16)11-8-12(14(17)18-4)10(3)15-9(11)2/h15H,5-8H2,1-4H3. The Morgan fingerprint density at radius 1 is 1.22 bits per heavy atom.